The molecule has 1 aromatic rings. The number of aryl methyl sites for hydroxylation is 1. The highest BCUT2D eigenvalue weighted by molar-refractivity contribution is 5.60. The first-order chi connectivity index (χ1) is 6.76. The van der Waals surface area contributed by atoms with E-state index in [1.807, 2.05) is 25.1 Å². The van der Waals surface area contributed by atoms with E-state index in [0.29, 0.717) is 0 Å². The van der Waals surface area contributed by atoms with E-state index in [0.717, 1.165) is 17.8 Å². The van der Waals surface area contributed by atoms with Gasteiger partial charge in [-0.05, 0) is 43.2 Å². The van der Waals surface area contributed by atoms with Gasteiger partial charge in [-0.3, -0.25) is 0 Å². The summed E-state index contributed by atoms with van der Waals surface area (Å²) in [6.45, 7) is 5.02. The van der Waals surface area contributed by atoms with Gasteiger partial charge in [0.1, 0.15) is 0 Å². The predicted molar refractivity (Wildman–Crippen MR) is 60.0 cm³/mol. The number of nitrogens with zero attached hydrogens (tertiary/aromatic N) is 1. The summed E-state index contributed by atoms with van der Waals surface area (Å²) in [5, 5.41) is 11.7. The molecule has 0 saturated carbocycles. The number of hydrogen-bond acceptors (Lipinski definition) is 2. The Kier molecular flexibility index (Phi) is 3.75. The molecule has 1 rings (SSSR count). The zero-order valence-corrected chi connectivity index (χ0v) is 8.54. The Labute approximate surface area is 84.9 Å². The summed E-state index contributed by atoms with van der Waals surface area (Å²) in [7, 11) is 0. The maximum atomic E-state index is 8.42. The van der Waals surface area contributed by atoms with E-state index in [-0.39, 0.29) is 0 Å². The van der Waals surface area contributed by atoms with Crippen LogP contribution >= 0.6 is 0 Å². The Morgan fingerprint density at radius 1 is 1.43 bits per heavy atom. The van der Waals surface area contributed by atoms with E-state index in [1.54, 1.807) is 0 Å². The molecule has 2 nitrogen and oxygen atoms in total. The van der Waals surface area contributed by atoms with Gasteiger partial charge in [0, 0.05) is 18.3 Å². The molecule has 0 atom stereocenters. The van der Waals surface area contributed by atoms with Crippen molar-refractivity contribution in [2.75, 3.05) is 11.9 Å². The third-order valence-electron chi connectivity index (χ3n) is 1.83. The number of rotatable bonds is 3. The molecule has 0 bridgehead atoms. The number of anilines is 1. The molecule has 72 valence electrons. The van der Waals surface area contributed by atoms with Gasteiger partial charge in [-0.25, -0.2) is 0 Å². The number of nitrogens with one attached hydrogen (secondary N) is 1. The summed E-state index contributed by atoms with van der Waals surface area (Å²) in [5.41, 5.74) is 3.36. The van der Waals surface area contributed by atoms with Gasteiger partial charge in [0.2, 0.25) is 0 Å². The van der Waals surface area contributed by atoms with Crippen molar-refractivity contribution < 1.29 is 0 Å². The number of allylic oxidation sites excluding steroid dienone is 1. The third-order valence-corrected chi connectivity index (χ3v) is 1.83. The molecule has 0 radical (unpaired) electrons. The monoisotopic (exact) mass is 186 g/mol. The molecule has 0 saturated heterocycles. The molecule has 1 N–H and O–H groups in total. The molecule has 0 heterocycles. The molecule has 0 fully saturated rings. The highest BCUT2D eigenvalue weighted by atomic mass is 14.8. The number of hydrogen-bond donors (Lipinski definition) is 1. The van der Waals surface area contributed by atoms with Crippen LogP contribution in [0.3, 0.4) is 0 Å². The van der Waals surface area contributed by atoms with Crippen LogP contribution in [0, 0.1) is 18.3 Å². The van der Waals surface area contributed by atoms with Gasteiger partial charge in [-0.2, -0.15) is 5.26 Å². The Morgan fingerprint density at radius 3 is 2.86 bits per heavy atom. The average molecular weight is 186 g/mol. The first kappa shape index (κ1) is 10.3. The van der Waals surface area contributed by atoms with Crippen molar-refractivity contribution in [3.8, 4) is 6.07 Å². The van der Waals surface area contributed by atoms with Gasteiger partial charge < -0.3 is 5.32 Å². The molecular weight excluding hydrogens is 172 g/mol. The molecular formula is C12H14N2. The van der Waals surface area contributed by atoms with E-state index in [9.17, 15) is 0 Å². The maximum Gasteiger partial charge on any atom is 0.0912 e. The van der Waals surface area contributed by atoms with Gasteiger partial charge in [0.15, 0.2) is 0 Å². The Morgan fingerprint density at radius 2 is 2.21 bits per heavy atom. The van der Waals surface area contributed by atoms with Crippen molar-refractivity contribution in [2.45, 2.75) is 13.8 Å². The molecule has 0 spiro atoms. The van der Waals surface area contributed by atoms with Gasteiger partial charge in [-0.15, -0.1) is 0 Å². The van der Waals surface area contributed by atoms with Crippen LogP contribution in [0.2, 0.25) is 0 Å². The van der Waals surface area contributed by atoms with Gasteiger partial charge >= 0.3 is 0 Å². The largest absolute Gasteiger partial charge is 0.385 e. The van der Waals surface area contributed by atoms with Crippen LogP contribution in [-0.4, -0.2) is 6.54 Å². The van der Waals surface area contributed by atoms with Crippen molar-refractivity contribution in [1.29, 1.82) is 5.26 Å². The summed E-state index contributed by atoms with van der Waals surface area (Å²) in [6, 6.07) is 8.16. The van der Waals surface area contributed by atoms with E-state index < -0.39 is 0 Å². The van der Waals surface area contributed by atoms with E-state index in [1.165, 1.54) is 11.6 Å². The normalized spacial score (nSPS) is 10.1. The summed E-state index contributed by atoms with van der Waals surface area (Å²) >= 11 is 0. The van der Waals surface area contributed by atoms with Crippen molar-refractivity contribution in [3.05, 3.63) is 35.4 Å². The van der Waals surface area contributed by atoms with Crippen molar-refractivity contribution in [1.82, 2.24) is 0 Å². The lowest BCUT2D eigenvalue weighted by Gasteiger charge is -2.05. The number of benzene rings is 1. The molecule has 0 unspecified atom stereocenters. The average Bonchev–Trinajstić information content (AvgIpc) is 2.14. The highest BCUT2D eigenvalue weighted by Gasteiger charge is 1.94. The van der Waals surface area contributed by atoms with Crippen LogP contribution < -0.4 is 5.32 Å². The van der Waals surface area contributed by atoms with Crippen LogP contribution in [0.15, 0.2) is 24.3 Å². The fourth-order valence-electron chi connectivity index (χ4n) is 1.35. The van der Waals surface area contributed by atoms with Crippen LogP contribution in [0.1, 0.15) is 18.1 Å². The lowest BCUT2D eigenvalue weighted by molar-refractivity contribution is 1.21. The standard InChI is InChI=1S/C12H14N2/c1-3-14-12-8-10(2)7-11(9-12)5-4-6-13/h4-5,7-9,14H,3H2,1-2H3/b5-4+. The van der Waals surface area contributed by atoms with E-state index >= 15 is 0 Å². The lowest BCUT2D eigenvalue weighted by Crippen LogP contribution is -1.96. The topological polar surface area (TPSA) is 35.8 Å². The van der Waals surface area contributed by atoms with Crippen molar-refractivity contribution in [3.63, 3.8) is 0 Å². The van der Waals surface area contributed by atoms with Crippen molar-refractivity contribution in [2.24, 2.45) is 0 Å². The van der Waals surface area contributed by atoms with Crippen LogP contribution in [0.25, 0.3) is 6.08 Å². The second-order valence-corrected chi connectivity index (χ2v) is 3.13. The van der Waals surface area contributed by atoms with Crippen molar-refractivity contribution >= 4 is 11.8 Å². The summed E-state index contributed by atoms with van der Waals surface area (Å²) in [6.07, 6.45) is 3.30. The minimum atomic E-state index is 0.908. The smallest absolute Gasteiger partial charge is 0.0912 e. The summed E-state index contributed by atoms with van der Waals surface area (Å²) in [5.74, 6) is 0. The molecule has 14 heavy (non-hydrogen) atoms. The van der Waals surface area contributed by atoms with Gasteiger partial charge in [0.05, 0.1) is 6.07 Å². The molecule has 0 amide bonds. The minimum Gasteiger partial charge on any atom is -0.385 e. The minimum absolute atomic E-state index is 0.908. The van der Waals surface area contributed by atoms with Crippen LogP contribution in [0.5, 0.6) is 0 Å². The van der Waals surface area contributed by atoms with Crippen LogP contribution in [0.4, 0.5) is 5.69 Å². The van der Waals surface area contributed by atoms with Crippen LogP contribution in [-0.2, 0) is 0 Å². The zero-order chi connectivity index (χ0) is 10.4. The fraction of sp³-hybridized carbons (Fsp3) is 0.250. The first-order valence-corrected chi connectivity index (χ1v) is 4.68. The number of nitriles is 1. The molecule has 0 aliphatic rings. The van der Waals surface area contributed by atoms with E-state index in [2.05, 4.69) is 24.4 Å². The molecule has 0 aliphatic heterocycles. The highest BCUT2D eigenvalue weighted by Crippen LogP contribution is 2.15. The van der Waals surface area contributed by atoms with Gasteiger partial charge in [0.25, 0.3) is 0 Å². The second-order valence-electron chi connectivity index (χ2n) is 3.13. The molecule has 2 heteroatoms. The lowest BCUT2D eigenvalue weighted by atomic mass is 10.1. The SMILES string of the molecule is CCNc1cc(C)cc(/C=C/C#N)c1. The quantitative estimate of drug-likeness (QED) is 0.737. The molecule has 1 aromatic carbocycles. The Hall–Kier alpha value is -1.75. The molecule has 0 aliphatic carbocycles. The predicted octanol–water partition coefficient (Wildman–Crippen LogP) is 2.96. The first-order valence-electron chi connectivity index (χ1n) is 4.68. The third kappa shape index (κ3) is 2.95. The van der Waals surface area contributed by atoms with Gasteiger partial charge in [-0.1, -0.05) is 6.07 Å². The Bertz CT molecular complexity index is 372. The summed E-state index contributed by atoms with van der Waals surface area (Å²) < 4.78 is 0. The molecule has 0 aromatic heterocycles. The summed E-state index contributed by atoms with van der Waals surface area (Å²) in [4.78, 5) is 0. The van der Waals surface area contributed by atoms with E-state index in [4.69, 9.17) is 5.26 Å². The fourth-order valence-corrected chi connectivity index (χ4v) is 1.35. The maximum absolute atomic E-state index is 8.42. The zero-order valence-electron chi connectivity index (χ0n) is 8.54. The second kappa shape index (κ2) is 5.08. The Balaban J connectivity index is 2.96.